The Morgan fingerprint density at radius 2 is 0.864 bits per heavy atom. The molecule has 9 heteroatoms. The Balaban J connectivity index is 4.30. The summed E-state index contributed by atoms with van der Waals surface area (Å²) in [7, 11) is 5.96. The van der Waals surface area contributed by atoms with Crippen LogP contribution in [0.5, 0.6) is 0 Å². The lowest BCUT2D eigenvalue weighted by atomic mass is 10.0. The van der Waals surface area contributed by atoms with Crippen LogP contribution in [0.15, 0.2) is 72.9 Å². The Labute approximate surface area is 405 Å². The first-order chi connectivity index (χ1) is 32.1. The van der Waals surface area contributed by atoms with Gasteiger partial charge in [0.25, 0.3) is 6.29 Å². The van der Waals surface area contributed by atoms with Gasteiger partial charge in [-0.1, -0.05) is 209 Å². The highest BCUT2D eigenvalue weighted by atomic mass is 16.7. The van der Waals surface area contributed by atoms with Gasteiger partial charge in [-0.25, -0.2) is 4.79 Å². The van der Waals surface area contributed by atoms with Crippen molar-refractivity contribution in [3.63, 3.8) is 0 Å². The lowest BCUT2D eigenvalue weighted by Crippen LogP contribution is -2.40. The van der Waals surface area contributed by atoms with E-state index in [1.165, 1.54) is 96.3 Å². The fraction of sp³-hybridized carbons (Fsp3) is 0.737. The Kier molecular flexibility index (Phi) is 45.8. The van der Waals surface area contributed by atoms with Crippen LogP contribution < -0.4 is 0 Å². The van der Waals surface area contributed by atoms with Gasteiger partial charge in [-0.2, -0.15) is 0 Å². The first-order valence-corrected chi connectivity index (χ1v) is 26.6. The van der Waals surface area contributed by atoms with E-state index in [2.05, 4.69) is 86.8 Å². The van der Waals surface area contributed by atoms with Gasteiger partial charge in [-0.05, 0) is 64.2 Å². The highest BCUT2D eigenvalue weighted by Gasteiger charge is 2.25. The van der Waals surface area contributed by atoms with Gasteiger partial charge >= 0.3 is 17.9 Å². The summed E-state index contributed by atoms with van der Waals surface area (Å²) >= 11 is 0. The molecule has 0 aliphatic heterocycles. The van der Waals surface area contributed by atoms with Gasteiger partial charge in [0.05, 0.1) is 34.4 Å². The number of carboxylic acids is 1. The summed E-state index contributed by atoms with van der Waals surface area (Å²) in [6, 6.07) is 0. The van der Waals surface area contributed by atoms with Crippen LogP contribution in [0.4, 0.5) is 0 Å². The van der Waals surface area contributed by atoms with E-state index in [0.29, 0.717) is 23.9 Å². The molecule has 0 aromatic rings. The lowest BCUT2D eigenvalue weighted by Gasteiger charge is -2.25. The average Bonchev–Trinajstić information content (AvgIpc) is 3.28. The van der Waals surface area contributed by atoms with E-state index in [1.54, 1.807) is 0 Å². The number of quaternary nitrogens is 1. The van der Waals surface area contributed by atoms with Gasteiger partial charge in [0.15, 0.2) is 6.10 Å². The molecule has 2 unspecified atom stereocenters. The van der Waals surface area contributed by atoms with Crippen molar-refractivity contribution < 1.29 is 42.9 Å². The molecular formula is C57H100NO8+. The molecule has 0 fully saturated rings. The number of likely N-dealkylation sites (N-methyl/N-ethyl adjacent to an activating group) is 1. The summed E-state index contributed by atoms with van der Waals surface area (Å²) in [5.41, 5.74) is 0. The molecule has 0 rings (SSSR count). The molecule has 0 bridgehead atoms. The number of unbranched alkanes of at least 4 members (excludes halogenated alkanes) is 21. The van der Waals surface area contributed by atoms with Gasteiger partial charge in [-0.3, -0.25) is 9.59 Å². The van der Waals surface area contributed by atoms with Gasteiger partial charge in [0.2, 0.25) is 0 Å². The molecule has 0 spiro atoms. The monoisotopic (exact) mass is 927 g/mol. The molecule has 0 aromatic heterocycles. The summed E-state index contributed by atoms with van der Waals surface area (Å²) in [6.07, 6.45) is 58.2. The molecule has 0 heterocycles. The number of aliphatic carboxylic acids is 1. The molecule has 66 heavy (non-hydrogen) atoms. The maximum absolute atomic E-state index is 12.8. The third-order valence-corrected chi connectivity index (χ3v) is 11.2. The quantitative estimate of drug-likeness (QED) is 0.0211. The third-order valence-electron chi connectivity index (χ3n) is 11.2. The number of carboxylic acid groups (broad SMARTS) is 1. The number of carbonyl (C=O) groups excluding carboxylic acids is 2. The first kappa shape index (κ1) is 62.7. The average molecular weight is 927 g/mol. The maximum Gasteiger partial charge on any atom is 0.361 e. The standard InChI is InChI=1S/C57H99NO8/c1-6-8-10-12-14-16-18-20-22-23-24-25-26-27-28-29-30-31-32-33-34-36-38-40-42-44-46-48-55(60)66-53(52-65-57(56(61)62)63-50-49-58(3,4)5)51-64-54(59)47-45-43-41-39-37-35-21-19-17-15-13-11-9-7-2/h8,10,14,16,20,22,24-25,27-28,30-31,53,57H,6-7,9,11-13,15,17-19,21,23,26,29,32-52H2,1-5H3/p+1/b10-8-,16-14-,22-20-,25-24-,28-27-,31-30-. The fourth-order valence-electron chi connectivity index (χ4n) is 7.13. The molecule has 0 aliphatic carbocycles. The molecule has 1 N–H and O–H groups in total. The van der Waals surface area contributed by atoms with Crippen LogP contribution in [-0.2, 0) is 33.3 Å². The summed E-state index contributed by atoms with van der Waals surface area (Å²) in [6.45, 7) is 4.75. The second-order valence-corrected chi connectivity index (χ2v) is 18.8. The number of esters is 2. The van der Waals surface area contributed by atoms with E-state index >= 15 is 0 Å². The molecule has 0 saturated heterocycles. The van der Waals surface area contributed by atoms with Crippen LogP contribution in [0.1, 0.15) is 213 Å². The molecule has 0 amide bonds. The number of carbonyl (C=O) groups is 3. The number of hydrogen-bond donors (Lipinski definition) is 1. The topological polar surface area (TPSA) is 108 Å². The van der Waals surface area contributed by atoms with Gasteiger partial charge in [0, 0.05) is 12.8 Å². The molecular weight excluding hydrogens is 827 g/mol. The number of rotatable bonds is 48. The molecule has 0 saturated carbocycles. The predicted octanol–water partition coefficient (Wildman–Crippen LogP) is 15.1. The molecule has 9 nitrogen and oxygen atoms in total. The Morgan fingerprint density at radius 1 is 0.470 bits per heavy atom. The van der Waals surface area contributed by atoms with Crippen LogP contribution >= 0.6 is 0 Å². The highest BCUT2D eigenvalue weighted by molar-refractivity contribution is 5.71. The molecule has 0 radical (unpaired) electrons. The Hall–Kier alpha value is -3.27. The third kappa shape index (κ3) is 48.7. The summed E-state index contributed by atoms with van der Waals surface area (Å²) in [5.74, 6) is -2.02. The van der Waals surface area contributed by atoms with Crippen molar-refractivity contribution in [1.29, 1.82) is 0 Å². The number of allylic oxidation sites excluding steroid dienone is 12. The van der Waals surface area contributed by atoms with E-state index in [9.17, 15) is 19.5 Å². The van der Waals surface area contributed by atoms with E-state index in [4.69, 9.17) is 18.9 Å². The SMILES string of the molecule is CC/C=C\C/C=C\C/C=C\C/C=C\C/C=C\C/C=C\CCCCCCCCCCC(=O)OC(COC(=O)CCCCCCCCCCCCCCCC)COC(OCC[N+](C)(C)C)C(=O)O. The largest absolute Gasteiger partial charge is 0.477 e. The molecule has 0 aliphatic rings. The van der Waals surface area contributed by atoms with Crippen LogP contribution in [0.25, 0.3) is 0 Å². The molecule has 0 aromatic carbocycles. The van der Waals surface area contributed by atoms with E-state index in [-0.39, 0.29) is 32.2 Å². The normalized spacial score (nSPS) is 13.4. The number of nitrogens with zero attached hydrogens (tertiary/aromatic N) is 1. The van der Waals surface area contributed by atoms with Crippen LogP contribution in [0, 0.1) is 0 Å². The van der Waals surface area contributed by atoms with Gasteiger partial charge in [0.1, 0.15) is 13.2 Å². The van der Waals surface area contributed by atoms with Gasteiger partial charge < -0.3 is 28.5 Å². The smallest absolute Gasteiger partial charge is 0.361 e. The number of hydrogen-bond acceptors (Lipinski definition) is 7. The first-order valence-electron chi connectivity index (χ1n) is 26.6. The van der Waals surface area contributed by atoms with Crippen LogP contribution in [0.3, 0.4) is 0 Å². The summed E-state index contributed by atoms with van der Waals surface area (Å²) < 4.78 is 22.8. The minimum Gasteiger partial charge on any atom is -0.477 e. The van der Waals surface area contributed by atoms with Crippen molar-refractivity contribution >= 4 is 17.9 Å². The predicted molar refractivity (Wildman–Crippen MR) is 276 cm³/mol. The lowest BCUT2D eigenvalue weighted by molar-refractivity contribution is -0.870. The fourth-order valence-corrected chi connectivity index (χ4v) is 7.13. The van der Waals surface area contributed by atoms with E-state index in [1.807, 2.05) is 21.1 Å². The van der Waals surface area contributed by atoms with E-state index in [0.717, 1.165) is 83.5 Å². The second-order valence-electron chi connectivity index (χ2n) is 18.8. The van der Waals surface area contributed by atoms with Crippen molar-refractivity contribution in [3.8, 4) is 0 Å². The highest BCUT2D eigenvalue weighted by Crippen LogP contribution is 2.15. The zero-order chi connectivity index (χ0) is 48.4. The van der Waals surface area contributed by atoms with E-state index < -0.39 is 24.3 Å². The molecule has 2 atom stereocenters. The van der Waals surface area contributed by atoms with Crippen LogP contribution in [0.2, 0.25) is 0 Å². The van der Waals surface area contributed by atoms with Crippen molar-refractivity contribution in [2.24, 2.45) is 0 Å². The van der Waals surface area contributed by atoms with Crippen molar-refractivity contribution in [1.82, 2.24) is 0 Å². The summed E-state index contributed by atoms with van der Waals surface area (Å²) in [4.78, 5) is 37.3. The summed E-state index contributed by atoms with van der Waals surface area (Å²) in [5, 5.41) is 9.67. The Morgan fingerprint density at radius 3 is 1.29 bits per heavy atom. The van der Waals surface area contributed by atoms with Crippen LogP contribution in [-0.4, -0.2) is 87.4 Å². The Bertz CT molecular complexity index is 1310. The van der Waals surface area contributed by atoms with Crippen molar-refractivity contribution in [3.05, 3.63) is 72.9 Å². The minimum absolute atomic E-state index is 0.184. The molecule has 380 valence electrons. The van der Waals surface area contributed by atoms with Gasteiger partial charge in [-0.15, -0.1) is 0 Å². The minimum atomic E-state index is -1.51. The van der Waals surface area contributed by atoms with Crippen molar-refractivity contribution in [2.45, 2.75) is 225 Å². The zero-order valence-electron chi connectivity index (χ0n) is 43.1. The number of ether oxygens (including phenoxy) is 4. The second kappa shape index (κ2) is 48.2. The maximum atomic E-state index is 12.8. The van der Waals surface area contributed by atoms with Crippen molar-refractivity contribution in [2.75, 3.05) is 47.5 Å². The zero-order valence-corrected chi connectivity index (χ0v) is 43.1.